The molecule has 0 aromatic carbocycles. The monoisotopic (exact) mass is 240 g/mol. The number of pyridine rings is 1. The molecule has 0 fully saturated rings. The van der Waals surface area contributed by atoms with Crippen LogP contribution in [0.5, 0.6) is 6.01 Å². The first-order valence-electron chi connectivity index (χ1n) is 5.63. The van der Waals surface area contributed by atoms with Crippen LogP contribution in [0.3, 0.4) is 0 Å². The van der Waals surface area contributed by atoms with Gasteiger partial charge in [-0.1, -0.05) is 0 Å². The lowest BCUT2D eigenvalue weighted by atomic mass is 10.1. The molecule has 0 aliphatic heterocycles. The molecule has 0 bridgehead atoms. The molecule has 0 amide bonds. The van der Waals surface area contributed by atoms with E-state index in [9.17, 15) is 0 Å². The molecule has 0 atom stereocenters. The Hall–Kier alpha value is -2.48. The molecule has 0 saturated carbocycles. The van der Waals surface area contributed by atoms with E-state index in [-0.39, 0.29) is 6.01 Å². The molecule has 0 spiro atoms. The summed E-state index contributed by atoms with van der Waals surface area (Å²) in [4.78, 5) is 11.8. The van der Waals surface area contributed by atoms with Crippen molar-refractivity contribution in [1.29, 1.82) is 5.26 Å². The van der Waals surface area contributed by atoms with Crippen LogP contribution < -0.4 is 4.74 Å². The molecule has 0 aliphatic rings. The Morgan fingerprint density at radius 3 is 2.78 bits per heavy atom. The normalized spacial score (nSPS) is 9.72. The van der Waals surface area contributed by atoms with Crippen molar-refractivity contribution in [3.63, 3.8) is 0 Å². The molecule has 0 unspecified atom stereocenters. The van der Waals surface area contributed by atoms with Gasteiger partial charge in [-0.25, -0.2) is 4.98 Å². The zero-order chi connectivity index (χ0) is 12.6. The zero-order valence-electron chi connectivity index (χ0n) is 9.78. The van der Waals surface area contributed by atoms with Crippen molar-refractivity contribution in [2.24, 2.45) is 0 Å². The third-order valence-corrected chi connectivity index (χ3v) is 2.34. The molecule has 0 radical (unpaired) electrons. The third-order valence-electron chi connectivity index (χ3n) is 2.34. The summed E-state index contributed by atoms with van der Waals surface area (Å²) in [6.07, 6.45) is 6.85. The van der Waals surface area contributed by atoms with E-state index in [2.05, 4.69) is 15.0 Å². The lowest BCUT2D eigenvalue weighted by molar-refractivity contribution is 0.286. The molecule has 5 heteroatoms. The van der Waals surface area contributed by atoms with Crippen LogP contribution in [0.2, 0.25) is 0 Å². The Labute approximate surface area is 105 Å². The van der Waals surface area contributed by atoms with E-state index in [4.69, 9.17) is 10.00 Å². The van der Waals surface area contributed by atoms with Gasteiger partial charge < -0.3 is 4.74 Å². The predicted octanol–water partition coefficient (Wildman–Crippen LogP) is 1.75. The summed E-state index contributed by atoms with van der Waals surface area (Å²) in [6.45, 7) is 0.525. The van der Waals surface area contributed by atoms with E-state index >= 15 is 0 Å². The van der Waals surface area contributed by atoms with Gasteiger partial charge >= 0.3 is 6.01 Å². The molecule has 5 nitrogen and oxygen atoms in total. The van der Waals surface area contributed by atoms with Crippen molar-refractivity contribution in [2.75, 3.05) is 6.61 Å². The maximum atomic E-state index is 8.68. The predicted molar refractivity (Wildman–Crippen MR) is 64.8 cm³/mol. The van der Waals surface area contributed by atoms with Gasteiger partial charge in [0.2, 0.25) is 0 Å². The Kier molecular flexibility index (Phi) is 4.20. The van der Waals surface area contributed by atoms with Crippen molar-refractivity contribution >= 4 is 0 Å². The molecule has 0 saturated heterocycles. The van der Waals surface area contributed by atoms with Gasteiger partial charge in [0, 0.05) is 18.6 Å². The smallest absolute Gasteiger partial charge is 0.317 e. The molecular weight excluding hydrogens is 228 g/mol. The Bertz CT molecular complexity index is 536. The van der Waals surface area contributed by atoms with Crippen LogP contribution in [-0.4, -0.2) is 21.6 Å². The topological polar surface area (TPSA) is 71.7 Å². The maximum absolute atomic E-state index is 8.68. The van der Waals surface area contributed by atoms with Crippen molar-refractivity contribution in [3.8, 4) is 12.1 Å². The van der Waals surface area contributed by atoms with Crippen molar-refractivity contribution in [2.45, 2.75) is 12.8 Å². The van der Waals surface area contributed by atoms with E-state index in [1.165, 1.54) is 11.8 Å². The molecule has 2 aromatic heterocycles. The number of aryl methyl sites for hydroxylation is 1. The van der Waals surface area contributed by atoms with Crippen LogP contribution >= 0.6 is 0 Å². The lowest BCUT2D eigenvalue weighted by Crippen LogP contribution is -2.03. The van der Waals surface area contributed by atoms with Gasteiger partial charge in [-0.05, 0) is 36.6 Å². The van der Waals surface area contributed by atoms with Gasteiger partial charge in [0.15, 0.2) is 0 Å². The number of aromatic nitrogens is 3. The maximum Gasteiger partial charge on any atom is 0.317 e. The summed E-state index contributed by atoms with van der Waals surface area (Å²) < 4.78 is 5.38. The molecule has 0 aliphatic carbocycles. The molecule has 90 valence electrons. The average Bonchev–Trinajstić information content (AvgIpc) is 2.45. The number of hydrogen-bond donors (Lipinski definition) is 0. The van der Waals surface area contributed by atoms with Crippen LogP contribution in [0, 0.1) is 11.3 Å². The number of hydrogen-bond acceptors (Lipinski definition) is 5. The van der Waals surface area contributed by atoms with E-state index in [0.717, 1.165) is 12.8 Å². The highest BCUT2D eigenvalue weighted by atomic mass is 16.5. The van der Waals surface area contributed by atoms with Crippen LogP contribution in [0.15, 0.2) is 36.8 Å². The van der Waals surface area contributed by atoms with Crippen molar-refractivity contribution < 1.29 is 4.74 Å². The van der Waals surface area contributed by atoms with Crippen LogP contribution in [-0.2, 0) is 6.42 Å². The minimum Gasteiger partial charge on any atom is -0.463 e. The molecule has 18 heavy (non-hydrogen) atoms. The highest BCUT2D eigenvalue weighted by molar-refractivity contribution is 5.19. The van der Waals surface area contributed by atoms with Crippen molar-refractivity contribution in [1.82, 2.24) is 15.0 Å². The van der Waals surface area contributed by atoms with Gasteiger partial charge in [0.1, 0.15) is 11.8 Å². The Morgan fingerprint density at radius 2 is 2.00 bits per heavy atom. The van der Waals surface area contributed by atoms with E-state index in [0.29, 0.717) is 12.3 Å². The average molecular weight is 240 g/mol. The van der Waals surface area contributed by atoms with Gasteiger partial charge in [-0.15, -0.1) is 0 Å². The first-order valence-corrected chi connectivity index (χ1v) is 5.63. The van der Waals surface area contributed by atoms with Gasteiger partial charge in [0.25, 0.3) is 0 Å². The molecule has 2 rings (SSSR count). The van der Waals surface area contributed by atoms with Crippen LogP contribution in [0.1, 0.15) is 17.7 Å². The number of ether oxygens (including phenoxy) is 1. The van der Waals surface area contributed by atoms with E-state index in [1.54, 1.807) is 18.5 Å². The minimum absolute atomic E-state index is 0.253. The first kappa shape index (κ1) is 12.0. The van der Waals surface area contributed by atoms with Gasteiger partial charge in [0.05, 0.1) is 6.61 Å². The molecule has 0 N–H and O–H groups in total. The van der Waals surface area contributed by atoms with Gasteiger partial charge in [-0.3, -0.25) is 4.98 Å². The van der Waals surface area contributed by atoms with E-state index < -0.39 is 0 Å². The van der Waals surface area contributed by atoms with Crippen LogP contribution in [0.25, 0.3) is 0 Å². The zero-order valence-corrected chi connectivity index (χ0v) is 9.78. The van der Waals surface area contributed by atoms with Crippen LogP contribution in [0.4, 0.5) is 0 Å². The second-order valence-corrected chi connectivity index (χ2v) is 3.64. The third kappa shape index (κ3) is 3.52. The summed E-state index contributed by atoms with van der Waals surface area (Å²) >= 11 is 0. The van der Waals surface area contributed by atoms with Gasteiger partial charge in [-0.2, -0.15) is 10.2 Å². The highest BCUT2D eigenvalue weighted by Crippen LogP contribution is 2.04. The number of rotatable bonds is 5. The summed E-state index contributed by atoms with van der Waals surface area (Å²) in [7, 11) is 0. The second kappa shape index (κ2) is 6.30. The molecule has 2 heterocycles. The summed E-state index contributed by atoms with van der Waals surface area (Å²) in [5.74, 6) is 0. The first-order chi connectivity index (χ1) is 8.88. The fourth-order valence-electron chi connectivity index (χ4n) is 1.46. The number of nitriles is 1. The minimum atomic E-state index is 0.253. The summed E-state index contributed by atoms with van der Waals surface area (Å²) in [5, 5.41) is 8.68. The summed E-state index contributed by atoms with van der Waals surface area (Å²) in [5.41, 5.74) is 1.54. The fourth-order valence-corrected chi connectivity index (χ4v) is 1.46. The largest absolute Gasteiger partial charge is 0.463 e. The quantitative estimate of drug-likeness (QED) is 0.744. The Morgan fingerprint density at radius 1 is 1.17 bits per heavy atom. The second-order valence-electron chi connectivity index (χ2n) is 3.64. The SMILES string of the molecule is N#Cc1ccnc(OCCCc2ccncc2)n1. The fraction of sp³-hybridized carbons (Fsp3) is 0.231. The summed E-state index contributed by atoms with van der Waals surface area (Å²) in [6, 6.07) is 7.70. The van der Waals surface area contributed by atoms with E-state index in [1.807, 2.05) is 18.2 Å². The molecular formula is C13H12N4O. The lowest BCUT2D eigenvalue weighted by Gasteiger charge is -2.04. The number of nitrogens with zero attached hydrogens (tertiary/aromatic N) is 4. The van der Waals surface area contributed by atoms with Crippen molar-refractivity contribution in [3.05, 3.63) is 48.0 Å². The molecule has 2 aromatic rings. The standard InChI is InChI=1S/C13H12N4O/c14-10-12-5-8-16-13(17-12)18-9-1-2-11-3-6-15-7-4-11/h3-8H,1-2,9H2. The highest BCUT2D eigenvalue weighted by Gasteiger charge is 1.99. The Balaban J connectivity index is 1.77.